The van der Waals surface area contributed by atoms with Crippen LogP contribution in [0.5, 0.6) is 5.75 Å². The standard InChI is InChI=1S/C11H11N3O6S/c15-10-3-6(14(17)18)1-2-8(10)13-9-5-21(19,20)4-7(9)12-11(13)16/h1-3,7,9,15H,4-5H2,(H,12,16). The highest BCUT2D eigenvalue weighted by molar-refractivity contribution is 7.91. The van der Waals surface area contributed by atoms with Crippen LogP contribution < -0.4 is 10.2 Å². The molecule has 10 heteroatoms. The maximum atomic E-state index is 11.9. The summed E-state index contributed by atoms with van der Waals surface area (Å²) in [6.45, 7) is 0. The molecule has 0 radical (unpaired) electrons. The van der Waals surface area contributed by atoms with Crippen molar-refractivity contribution in [2.45, 2.75) is 12.1 Å². The van der Waals surface area contributed by atoms with Gasteiger partial charge in [0.15, 0.2) is 9.84 Å². The van der Waals surface area contributed by atoms with Crippen LogP contribution in [0, 0.1) is 10.1 Å². The number of hydrogen-bond donors (Lipinski definition) is 2. The lowest BCUT2D eigenvalue weighted by atomic mass is 10.1. The van der Waals surface area contributed by atoms with E-state index < -0.39 is 38.6 Å². The highest BCUT2D eigenvalue weighted by Crippen LogP contribution is 2.36. The predicted octanol–water partition coefficient (Wildman–Crippen LogP) is -0.00440. The lowest BCUT2D eigenvalue weighted by Gasteiger charge is -2.21. The quantitative estimate of drug-likeness (QED) is 0.449. The van der Waals surface area contributed by atoms with E-state index in [0.29, 0.717) is 0 Å². The molecule has 2 amide bonds. The van der Waals surface area contributed by atoms with Crippen LogP contribution in [0.2, 0.25) is 0 Å². The van der Waals surface area contributed by atoms with Gasteiger partial charge in [0.05, 0.1) is 40.3 Å². The van der Waals surface area contributed by atoms with Crippen molar-refractivity contribution < 1.29 is 23.2 Å². The molecule has 21 heavy (non-hydrogen) atoms. The molecule has 112 valence electrons. The van der Waals surface area contributed by atoms with Crippen LogP contribution >= 0.6 is 0 Å². The van der Waals surface area contributed by atoms with E-state index in [-0.39, 0.29) is 22.9 Å². The first kappa shape index (κ1) is 13.6. The minimum Gasteiger partial charge on any atom is -0.505 e. The van der Waals surface area contributed by atoms with E-state index >= 15 is 0 Å². The Morgan fingerprint density at radius 1 is 1.38 bits per heavy atom. The fraction of sp³-hybridized carbons (Fsp3) is 0.364. The van der Waals surface area contributed by atoms with Gasteiger partial charge in [0.25, 0.3) is 5.69 Å². The predicted molar refractivity (Wildman–Crippen MR) is 72.0 cm³/mol. The molecule has 9 nitrogen and oxygen atoms in total. The third-order valence-corrected chi connectivity index (χ3v) is 5.33. The SMILES string of the molecule is O=C1NC2CS(=O)(=O)CC2N1c1ccc([N+](=O)[O-])cc1O. The van der Waals surface area contributed by atoms with E-state index in [1.807, 2.05) is 0 Å². The smallest absolute Gasteiger partial charge is 0.322 e. The summed E-state index contributed by atoms with van der Waals surface area (Å²) in [5.41, 5.74) is -0.255. The number of sulfone groups is 1. The van der Waals surface area contributed by atoms with E-state index in [0.717, 1.165) is 17.0 Å². The molecule has 0 aromatic heterocycles. The average Bonchev–Trinajstić information content (AvgIpc) is 2.80. The molecule has 0 saturated carbocycles. The Kier molecular flexibility index (Phi) is 2.80. The van der Waals surface area contributed by atoms with E-state index in [1.165, 1.54) is 6.07 Å². The number of rotatable bonds is 2. The van der Waals surface area contributed by atoms with Crippen molar-refractivity contribution in [2.24, 2.45) is 0 Å². The maximum absolute atomic E-state index is 11.9. The van der Waals surface area contributed by atoms with E-state index in [2.05, 4.69) is 5.32 Å². The van der Waals surface area contributed by atoms with Gasteiger partial charge in [-0.2, -0.15) is 0 Å². The molecule has 2 heterocycles. The Morgan fingerprint density at radius 2 is 2.10 bits per heavy atom. The summed E-state index contributed by atoms with van der Waals surface area (Å²) in [5.74, 6) is -0.787. The number of carbonyl (C=O) groups excluding carboxylic acids is 1. The lowest BCUT2D eigenvalue weighted by Crippen LogP contribution is -2.36. The molecule has 0 spiro atoms. The normalized spacial score (nSPS) is 26.5. The minimum atomic E-state index is -3.25. The maximum Gasteiger partial charge on any atom is 0.322 e. The number of urea groups is 1. The van der Waals surface area contributed by atoms with Gasteiger partial charge in [0, 0.05) is 6.07 Å². The van der Waals surface area contributed by atoms with Gasteiger partial charge in [-0.25, -0.2) is 13.2 Å². The largest absolute Gasteiger partial charge is 0.505 e. The second-order valence-corrected chi connectivity index (χ2v) is 7.15. The molecule has 2 fully saturated rings. The molecule has 0 bridgehead atoms. The van der Waals surface area contributed by atoms with Gasteiger partial charge >= 0.3 is 6.03 Å². The average molecular weight is 313 g/mol. The van der Waals surface area contributed by atoms with Crippen molar-refractivity contribution >= 4 is 27.2 Å². The number of phenols is 1. The molecule has 3 rings (SSSR count). The highest BCUT2D eigenvalue weighted by atomic mass is 32.2. The van der Waals surface area contributed by atoms with Gasteiger partial charge in [-0.3, -0.25) is 15.0 Å². The molecule has 2 N–H and O–H groups in total. The van der Waals surface area contributed by atoms with Crippen LogP contribution in [-0.4, -0.2) is 48.1 Å². The zero-order valence-electron chi connectivity index (χ0n) is 10.6. The van der Waals surface area contributed by atoms with Crippen molar-refractivity contribution in [3.8, 4) is 5.75 Å². The van der Waals surface area contributed by atoms with Gasteiger partial charge in [-0.1, -0.05) is 0 Å². The van der Waals surface area contributed by atoms with E-state index in [9.17, 15) is 28.4 Å². The Hall–Kier alpha value is -2.36. The van der Waals surface area contributed by atoms with E-state index in [4.69, 9.17) is 0 Å². The molecular weight excluding hydrogens is 302 g/mol. The van der Waals surface area contributed by atoms with Crippen molar-refractivity contribution in [2.75, 3.05) is 16.4 Å². The molecule has 0 aliphatic carbocycles. The molecule has 2 atom stereocenters. The van der Waals surface area contributed by atoms with Crippen LogP contribution in [0.25, 0.3) is 0 Å². The first-order valence-corrected chi connectivity index (χ1v) is 7.88. The Balaban J connectivity index is 2.00. The molecule has 2 unspecified atom stereocenters. The van der Waals surface area contributed by atoms with Gasteiger partial charge in [0.2, 0.25) is 0 Å². The zero-order chi connectivity index (χ0) is 15.4. The summed E-state index contributed by atoms with van der Waals surface area (Å²) in [6.07, 6.45) is 0. The number of carbonyl (C=O) groups is 1. The summed E-state index contributed by atoms with van der Waals surface area (Å²) < 4.78 is 23.3. The molecule has 1 aromatic rings. The van der Waals surface area contributed by atoms with Gasteiger partial charge in [0.1, 0.15) is 5.75 Å². The van der Waals surface area contributed by atoms with E-state index in [1.54, 1.807) is 0 Å². The summed E-state index contributed by atoms with van der Waals surface area (Å²) in [4.78, 5) is 23.1. The number of phenolic OH excluding ortho intramolecular Hbond substituents is 1. The van der Waals surface area contributed by atoms with Crippen LogP contribution in [0.3, 0.4) is 0 Å². The number of nitrogens with one attached hydrogen (secondary N) is 1. The summed E-state index contributed by atoms with van der Waals surface area (Å²) >= 11 is 0. The number of non-ortho nitro benzene ring substituents is 1. The first-order valence-electron chi connectivity index (χ1n) is 6.06. The van der Waals surface area contributed by atoms with Crippen LogP contribution in [-0.2, 0) is 9.84 Å². The lowest BCUT2D eigenvalue weighted by molar-refractivity contribution is -0.384. The molecule has 2 aliphatic heterocycles. The highest BCUT2D eigenvalue weighted by Gasteiger charge is 2.49. The minimum absolute atomic E-state index is 0.0581. The number of fused-ring (bicyclic) bond motifs is 1. The monoisotopic (exact) mass is 313 g/mol. The topological polar surface area (TPSA) is 130 Å². The molecule has 2 aliphatic rings. The Labute approximate surface area is 119 Å². The Morgan fingerprint density at radius 3 is 2.71 bits per heavy atom. The fourth-order valence-electron chi connectivity index (χ4n) is 2.72. The number of aromatic hydroxyl groups is 1. The Bertz CT molecular complexity index is 746. The molecule has 1 aromatic carbocycles. The zero-order valence-corrected chi connectivity index (χ0v) is 11.4. The van der Waals surface area contributed by atoms with Gasteiger partial charge in [-0.15, -0.1) is 0 Å². The van der Waals surface area contributed by atoms with Gasteiger partial charge < -0.3 is 10.4 Å². The summed E-state index contributed by atoms with van der Waals surface area (Å²) in [7, 11) is -3.25. The van der Waals surface area contributed by atoms with Crippen LogP contribution in [0.1, 0.15) is 0 Å². The second kappa shape index (κ2) is 4.32. The number of benzene rings is 1. The molecular formula is C11H11N3O6S. The van der Waals surface area contributed by atoms with Gasteiger partial charge in [-0.05, 0) is 6.07 Å². The van der Waals surface area contributed by atoms with Crippen molar-refractivity contribution in [1.82, 2.24) is 5.32 Å². The number of hydrogen-bond acceptors (Lipinski definition) is 6. The number of amides is 2. The van der Waals surface area contributed by atoms with Crippen LogP contribution in [0.4, 0.5) is 16.2 Å². The molecule has 2 saturated heterocycles. The number of nitro groups is 1. The number of anilines is 1. The van der Waals surface area contributed by atoms with Crippen molar-refractivity contribution in [3.63, 3.8) is 0 Å². The fourth-order valence-corrected chi connectivity index (χ4v) is 4.61. The van der Waals surface area contributed by atoms with Crippen molar-refractivity contribution in [1.29, 1.82) is 0 Å². The number of nitrogens with zero attached hydrogens (tertiary/aromatic N) is 2. The number of nitro benzene ring substituents is 1. The third-order valence-electron chi connectivity index (χ3n) is 3.61. The van der Waals surface area contributed by atoms with Crippen LogP contribution in [0.15, 0.2) is 18.2 Å². The second-order valence-electron chi connectivity index (χ2n) is 5.00. The summed E-state index contributed by atoms with van der Waals surface area (Å²) in [5, 5.41) is 23.1. The van der Waals surface area contributed by atoms with Crippen molar-refractivity contribution in [3.05, 3.63) is 28.3 Å². The summed E-state index contributed by atoms with van der Waals surface area (Å²) in [6, 6.07) is 1.65. The first-order chi connectivity index (χ1) is 9.78. The third kappa shape index (κ3) is 2.17.